The topological polar surface area (TPSA) is 45.4 Å². The molecule has 2 atom stereocenters. The van der Waals surface area contributed by atoms with E-state index >= 15 is 0 Å². The van der Waals surface area contributed by atoms with Crippen LogP contribution < -0.4 is 0 Å². The molecule has 0 aliphatic heterocycles. The Bertz CT molecular complexity index is 292. The Morgan fingerprint density at radius 3 is 2.47 bits per heavy atom. The second-order valence-corrected chi connectivity index (χ2v) is 4.51. The van der Waals surface area contributed by atoms with Crippen molar-refractivity contribution in [1.82, 2.24) is 4.57 Å². The van der Waals surface area contributed by atoms with Crippen LogP contribution in [-0.2, 0) is 6.54 Å². The van der Waals surface area contributed by atoms with Crippen LogP contribution in [0, 0.1) is 5.92 Å². The zero-order chi connectivity index (χ0) is 11.4. The summed E-state index contributed by atoms with van der Waals surface area (Å²) in [5.41, 5.74) is 0.954. The molecule has 1 aromatic rings. The lowest BCUT2D eigenvalue weighted by atomic mass is 10.0. The number of aryl methyl sites for hydroxylation is 1. The molecule has 3 heteroatoms. The van der Waals surface area contributed by atoms with Gasteiger partial charge in [0.1, 0.15) is 0 Å². The highest BCUT2D eigenvalue weighted by atomic mass is 16.3. The van der Waals surface area contributed by atoms with Crippen LogP contribution in [0.15, 0.2) is 18.5 Å². The van der Waals surface area contributed by atoms with Crippen LogP contribution in [0.25, 0.3) is 0 Å². The SMILES string of the molecule is CC(O)CCn1ccc(C(O)C(C)C)c1. The van der Waals surface area contributed by atoms with Gasteiger partial charge in [-0.3, -0.25) is 0 Å². The van der Waals surface area contributed by atoms with E-state index in [4.69, 9.17) is 5.11 Å². The highest BCUT2D eigenvalue weighted by Gasteiger charge is 2.12. The molecule has 15 heavy (non-hydrogen) atoms. The summed E-state index contributed by atoms with van der Waals surface area (Å²) >= 11 is 0. The van der Waals surface area contributed by atoms with E-state index in [1.165, 1.54) is 0 Å². The van der Waals surface area contributed by atoms with Gasteiger partial charge in [-0.05, 0) is 30.9 Å². The highest BCUT2D eigenvalue weighted by Crippen LogP contribution is 2.21. The van der Waals surface area contributed by atoms with E-state index in [0.717, 1.165) is 18.5 Å². The molecule has 0 aliphatic rings. The van der Waals surface area contributed by atoms with Crippen LogP contribution in [0.3, 0.4) is 0 Å². The Hall–Kier alpha value is -0.800. The molecule has 0 aromatic carbocycles. The average molecular weight is 211 g/mol. The Kier molecular flexibility index (Phi) is 4.36. The molecule has 0 saturated carbocycles. The molecule has 2 N–H and O–H groups in total. The van der Waals surface area contributed by atoms with Crippen molar-refractivity contribution < 1.29 is 10.2 Å². The summed E-state index contributed by atoms with van der Waals surface area (Å²) in [5.74, 6) is 0.234. The van der Waals surface area contributed by atoms with E-state index in [2.05, 4.69) is 0 Å². The summed E-state index contributed by atoms with van der Waals surface area (Å²) in [6.07, 6.45) is 3.98. The van der Waals surface area contributed by atoms with Crippen molar-refractivity contribution in [3.8, 4) is 0 Å². The van der Waals surface area contributed by atoms with Gasteiger partial charge in [-0.1, -0.05) is 13.8 Å². The molecular formula is C12H21NO2. The van der Waals surface area contributed by atoms with E-state index in [-0.39, 0.29) is 12.0 Å². The van der Waals surface area contributed by atoms with Gasteiger partial charge in [0, 0.05) is 18.9 Å². The molecule has 0 fully saturated rings. The number of hydrogen-bond acceptors (Lipinski definition) is 2. The molecule has 0 radical (unpaired) electrons. The zero-order valence-electron chi connectivity index (χ0n) is 9.72. The molecule has 1 aromatic heterocycles. The van der Waals surface area contributed by atoms with Crippen molar-refractivity contribution in [1.29, 1.82) is 0 Å². The molecular weight excluding hydrogens is 190 g/mol. The minimum Gasteiger partial charge on any atom is -0.393 e. The van der Waals surface area contributed by atoms with Crippen LogP contribution in [0.5, 0.6) is 0 Å². The first-order valence-electron chi connectivity index (χ1n) is 5.52. The number of nitrogens with zero attached hydrogens (tertiary/aromatic N) is 1. The number of rotatable bonds is 5. The predicted octanol–water partition coefficient (Wildman–Crippen LogP) is 1.95. The Balaban J connectivity index is 2.56. The fourth-order valence-corrected chi connectivity index (χ4v) is 1.49. The summed E-state index contributed by atoms with van der Waals surface area (Å²) in [6, 6.07) is 1.94. The number of aromatic nitrogens is 1. The second kappa shape index (κ2) is 5.33. The minimum absolute atomic E-state index is 0.234. The third-order valence-corrected chi connectivity index (χ3v) is 2.55. The van der Waals surface area contributed by atoms with Gasteiger partial charge in [-0.15, -0.1) is 0 Å². The molecule has 1 rings (SSSR count). The number of aliphatic hydroxyl groups is 2. The van der Waals surface area contributed by atoms with Gasteiger partial charge in [-0.2, -0.15) is 0 Å². The lowest BCUT2D eigenvalue weighted by Gasteiger charge is -2.12. The smallest absolute Gasteiger partial charge is 0.0827 e. The monoisotopic (exact) mass is 211 g/mol. The normalized spacial score (nSPS) is 15.6. The number of aliphatic hydroxyl groups excluding tert-OH is 2. The predicted molar refractivity (Wildman–Crippen MR) is 60.5 cm³/mol. The van der Waals surface area contributed by atoms with Gasteiger partial charge in [0.2, 0.25) is 0 Å². The largest absolute Gasteiger partial charge is 0.393 e. The molecule has 0 aliphatic carbocycles. The van der Waals surface area contributed by atoms with E-state index in [1.54, 1.807) is 6.92 Å². The first-order chi connectivity index (χ1) is 7.00. The highest BCUT2D eigenvalue weighted by molar-refractivity contribution is 5.14. The fourth-order valence-electron chi connectivity index (χ4n) is 1.49. The zero-order valence-corrected chi connectivity index (χ0v) is 9.72. The molecule has 0 bridgehead atoms. The van der Waals surface area contributed by atoms with Gasteiger partial charge < -0.3 is 14.8 Å². The van der Waals surface area contributed by atoms with Crippen molar-refractivity contribution in [3.05, 3.63) is 24.0 Å². The number of hydrogen-bond donors (Lipinski definition) is 2. The molecule has 0 spiro atoms. The van der Waals surface area contributed by atoms with Gasteiger partial charge >= 0.3 is 0 Å². The standard InChI is InChI=1S/C12H21NO2/c1-9(2)12(15)11-5-7-13(8-11)6-4-10(3)14/h5,7-10,12,14-15H,4,6H2,1-3H3. The van der Waals surface area contributed by atoms with Crippen molar-refractivity contribution in [2.45, 2.75) is 45.9 Å². The Morgan fingerprint density at radius 1 is 1.27 bits per heavy atom. The molecule has 2 unspecified atom stereocenters. The van der Waals surface area contributed by atoms with Crippen molar-refractivity contribution in [2.24, 2.45) is 5.92 Å². The van der Waals surface area contributed by atoms with Crippen LogP contribution in [0.1, 0.15) is 38.9 Å². The maximum Gasteiger partial charge on any atom is 0.0827 e. The lowest BCUT2D eigenvalue weighted by Crippen LogP contribution is -2.06. The Morgan fingerprint density at radius 2 is 1.93 bits per heavy atom. The third kappa shape index (κ3) is 3.68. The van der Waals surface area contributed by atoms with Crippen molar-refractivity contribution in [3.63, 3.8) is 0 Å². The molecule has 3 nitrogen and oxygen atoms in total. The quantitative estimate of drug-likeness (QED) is 0.782. The van der Waals surface area contributed by atoms with E-state index < -0.39 is 6.10 Å². The maximum atomic E-state index is 9.83. The summed E-state index contributed by atoms with van der Waals surface area (Å²) in [6.45, 7) is 6.57. The maximum absolute atomic E-state index is 9.83. The van der Waals surface area contributed by atoms with Crippen molar-refractivity contribution in [2.75, 3.05) is 0 Å². The van der Waals surface area contributed by atoms with Crippen LogP contribution in [0.4, 0.5) is 0 Å². The third-order valence-electron chi connectivity index (χ3n) is 2.55. The first-order valence-corrected chi connectivity index (χ1v) is 5.52. The molecule has 1 heterocycles. The molecule has 0 saturated heterocycles. The van der Waals surface area contributed by atoms with Crippen LogP contribution >= 0.6 is 0 Å². The van der Waals surface area contributed by atoms with Gasteiger partial charge in [0.15, 0.2) is 0 Å². The van der Waals surface area contributed by atoms with Crippen LogP contribution in [-0.4, -0.2) is 20.9 Å². The second-order valence-electron chi connectivity index (χ2n) is 4.51. The van der Waals surface area contributed by atoms with E-state index in [1.807, 2.05) is 36.9 Å². The minimum atomic E-state index is -0.391. The van der Waals surface area contributed by atoms with Crippen molar-refractivity contribution >= 4 is 0 Å². The lowest BCUT2D eigenvalue weighted by molar-refractivity contribution is 0.127. The van der Waals surface area contributed by atoms with Gasteiger partial charge in [-0.25, -0.2) is 0 Å². The van der Waals surface area contributed by atoms with E-state index in [9.17, 15) is 5.11 Å². The Labute approximate surface area is 91.4 Å². The average Bonchev–Trinajstić information content (AvgIpc) is 2.61. The summed E-state index contributed by atoms with van der Waals surface area (Å²) in [7, 11) is 0. The summed E-state index contributed by atoms with van der Waals surface area (Å²) < 4.78 is 2.01. The fraction of sp³-hybridized carbons (Fsp3) is 0.667. The van der Waals surface area contributed by atoms with E-state index in [0.29, 0.717) is 0 Å². The first kappa shape index (κ1) is 12.3. The van der Waals surface area contributed by atoms with Gasteiger partial charge in [0.05, 0.1) is 12.2 Å². The van der Waals surface area contributed by atoms with Gasteiger partial charge in [0.25, 0.3) is 0 Å². The summed E-state index contributed by atoms with van der Waals surface area (Å²) in [4.78, 5) is 0. The molecule has 86 valence electrons. The molecule has 0 amide bonds. The summed E-state index contributed by atoms with van der Waals surface area (Å²) in [5, 5.41) is 19.0. The van der Waals surface area contributed by atoms with Crippen LogP contribution in [0.2, 0.25) is 0 Å².